The van der Waals surface area contributed by atoms with E-state index in [1.165, 1.54) is 6.33 Å². The fraction of sp³-hybridized carbons (Fsp3) is 0.222. The minimum absolute atomic E-state index is 0.544. The van der Waals surface area contributed by atoms with Gasteiger partial charge in [0.1, 0.15) is 24.1 Å². The van der Waals surface area contributed by atoms with Crippen molar-refractivity contribution >= 4 is 17.1 Å². The van der Waals surface area contributed by atoms with Gasteiger partial charge in [-0.05, 0) is 0 Å². The quantitative estimate of drug-likeness (QED) is 0.658. The van der Waals surface area contributed by atoms with Crippen LogP contribution < -0.4 is 0 Å². The van der Waals surface area contributed by atoms with E-state index in [2.05, 4.69) is 24.9 Å². The van der Waals surface area contributed by atoms with Crippen molar-refractivity contribution in [1.29, 1.82) is 0 Å². The predicted octanol–water partition coefficient (Wildman–Crippen LogP) is 0.197. The Morgan fingerprint density at radius 1 is 1.20 bits per heavy atom. The lowest BCUT2D eigenvalue weighted by Gasteiger charge is -2.00. The Balaban J connectivity index is 2.13. The minimum Gasteiger partial charge on any atom is -0.474 e. The number of rotatable bonds is 1. The van der Waals surface area contributed by atoms with Crippen molar-refractivity contribution < 1.29 is 4.74 Å². The molecule has 0 spiro atoms. The zero-order valence-electron chi connectivity index (χ0n) is 7.79. The molecule has 2 aromatic rings. The van der Waals surface area contributed by atoms with Crippen LogP contribution in [0.25, 0.3) is 11.2 Å². The van der Waals surface area contributed by atoms with Gasteiger partial charge in [-0.15, -0.1) is 0 Å². The van der Waals surface area contributed by atoms with Gasteiger partial charge >= 0.3 is 0 Å². The van der Waals surface area contributed by atoms with Gasteiger partial charge in [-0.1, -0.05) is 0 Å². The maximum absolute atomic E-state index is 5.29. The van der Waals surface area contributed by atoms with E-state index < -0.39 is 0 Å². The van der Waals surface area contributed by atoms with Crippen molar-refractivity contribution in [2.24, 2.45) is 4.99 Å². The summed E-state index contributed by atoms with van der Waals surface area (Å²) in [4.78, 5) is 20.5. The number of hydrogen-bond donors (Lipinski definition) is 0. The molecule has 15 heavy (non-hydrogen) atoms. The van der Waals surface area contributed by atoms with E-state index in [-0.39, 0.29) is 0 Å². The summed E-state index contributed by atoms with van der Waals surface area (Å²) < 4.78 is 5.29. The van der Waals surface area contributed by atoms with Crippen molar-refractivity contribution in [2.75, 3.05) is 13.2 Å². The highest BCUT2D eigenvalue weighted by Crippen LogP contribution is 2.08. The Morgan fingerprint density at radius 3 is 3.07 bits per heavy atom. The van der Waals surface area contributed by atoms with E-state index >= 15 is 0 Å². The van der Waals surface area contributed by atoms with E-state index in [0.29, 0.717) is 35.9 Å². The fourth-order valence-electron chi connectivity index (χ4n) is 1.36. The van der Waals surface area contributed by atoms with Crippen molar-refractivity contribution in [3.63, 3.8) is 0 Å². The maximum Gasteiger partial charge on any atom is 0.237 e. The molecule has 1 aliphatic heterocycles. The van der Waals surface area contributed by atoms with Gasteiger partial charge in [-0.2, -0.15) is 0 Å². The Hall–Kier alpha value is -2.11. The Kier molecular flexibility index (Phi) is 1.77. The SMILES string of the molecule is c1ncc2ncc(C3=NCCO3)nc2n1. The van der Waals surface area contributed by atoms with Crippen molar-refractivity contribution in [3.8, 4) is 0 Å². The molecule has 0 bridgehead atoms. The molecule has 0 saturated carbocycles. The van der Waals surface area contributed by atoms with Crippen LogP contribution in [0.2, 0.25) is 0 Å². The minimum atomic E-state index is 0.544. The van der Waals surface area contributed by atoms with Crippen LogP contribution in [0, 0.1) is 0 Å². The van der Waals surface area contributed by atoms with Gasteiger partial charge in [-0.25, -0.2) is 24.9 Å². The average molecular weight is 201 g/mol. The summed E-state index contributed by atoms with van der Waals surface area (Å²) >= 11 is 0. The molecule has 0 aromatic carbocycles. The van der Waals surface area contributed by atoms with Gasteiger partial charge in [0.2, 0.25) is 5.90 Å². The highest BCUT2D eigenvalue weighted by molar-refractivity contribution is 5.93. The Bertz CT molecular complexity index is 539. The summed E-state index contributed by atoms with van der Waals surface area (Å²) in [5.41, 5.74) is 1.85. The lowest BCUT2D eigenvalue weighted by molar-refractivity contribution is 0.347. The summed E-state index contributed by atoms with van der Waals surface area (Å²) in [5.74, 6) is 0.544. The van der Waals surface area contributed by atoms with Gasteiger partial charge in [0, 0.05) is 0 Å². The molecule has 2 aromatic heterocycles. The first-order valence-corrected chi connectivity index (χ1v) is 4.54. The molecule has 1 aliphatic rings. The Labute approximate surface area is 85.1 Å². The lowest BCUT2D eigenvalue weighted by Crippen LogP contribution is -2.05. The molecule has 0 unspecified atom stereocenters. The van der Waals surface area contributed by atoms with Crippen LogP contribution in [-0.2, 0) is 4.74 Å². The first-order chi connectivity index (χ1) is 7.43. The zero-order chi connectivity index (χ0) is 10.1. The Morgan fingerprint density at radius 2 is 2.20 bits per heavy atom. The van der Waals surface area contributed by atoms with Gasteiger partial charge in [0.15, 0.2) is 5.65 Å². The third-order valence-electron chi connectivity index (χ3n) is 2.03. The fourth-order valence-corrected chi connectivity index (χ4v) is 1.36. The zero-order valence-corrected chi connectivity index (χ0v) is 7.79. The molecule has 0 amide bonds. The van der Waals surface area contributed by atoms with Crippen LogP contribution in [0.15, 0.2) is 23.7 Å². The van der Waals surface area contributed by atoms with E-state index in [0.717, 1.165) is 0 Å². The monoisotopic (exact) mass is 201 g/mol. The first-order valence-electron chi connectivity index (χ1n) is 4.54. The molecular weight excluding hydrogens is 194 g/mol. The van der Waals surface area contributed by atoms with Crippen LogP contribution in [0.3, 0.4) is 0 Å². The van der Waals surface area contributed by atoms with Crippen LogP contribution in [0.4, 0.5) is 0 Å². The number of hydrogen-bond acceptors (Lipinski definition) is 6. The number of aliphatic imine (C=N–C) groups is 1. The van der Waals surface area contributed by atoms with Crippen molar-refractivity contribution in [2.45, 2.75) is 0 Å². The van der Waals surface area contributed by atoms with Crippen LogP contribution >= 0.6 is 0 Å². The molecule has 0 N–H and O–H groups in total. The second kappa shape index (κ2) is 3.23. The van der Waals surface area contributed by atoms with Gasteiger partial charge < -0.3 is 4.74 Å². The number of nitrogens with zero attached hydrogens (tertiary/aromatic N) is 5. The molecule has 0 aliphatic carbocycles. The number of aromatic nitrogens is 4. The molecule has 0 saturated heterocycles. The molecular formula is C9H7N5O. The summed E-state index contributed by atoms with van der Waals surface area (Å²) in [6, 6.07) is 0. The van der Waals surface area contributed by atoms with Crippen molar-refractivity contribution in [1.82, 2.24) is 19.9 Å². The average Bonchev–Trinajstić information content (AvgIpc) is 2.82. The summed E-state index contributed by atoms with van der Waals surface area (Å²) in [6.45, 7) is 1.29. The number of fused-ring (bicyclic) bond motifs is 1. The lowest BCUT2D eigenvalue weighted by atomic mass is 10.4. The molecule has 6 nitrogen and oxygen atoms in total. The summed E-state index contributed by atoms with van der Waals surface area (Å²) in [7, 11) is 0. The van der Waals surface area contributed by atoms with Crippen LogP contribution in [0.5, 0.6) is 0 Å². The van der Waals surface area contributed by atoms with Gasteiger partial charge in [0.25, 0.3) is 0 Å². The van der Waals surface area contributed by atoms with Gasteiger partial charge in [0.05, 0.1) is 18.9 Å². The van der Waals surface area contributed by atoms with Crippen molar-refractivity contribution in [3.05, 3.63) is 24.4 Å². The summed E-state index contributed by atoms with van der Waals surface area (Å²) in [6.07, 6.45) is 4.68. The topological polar surface area (TPSA) is 73.2 Å². The van der Waals surface area contributed by atoms with Crippen LogP contribution in [-0.4, -0.2) is 39.0 Å². The molecule has 3 heterocycles. The van der Waals surface area contributed by atoms with E-state index in [4.69, 9.17) is 4.74 Å². The molecule has 0 radical (unpaired) electrons. The largest absolute Gasteiger partial charge is 0.474 e. The second-order valence-electron chi connectivity index (χ2n) is 3.02. The molecule has 74 valence electrons. The highest BCUT2D eigenvalue weighted by Gasteiger charge is 2.12. The third-order valence-corrected chi connectivity index (χ3v) is 2.03. The molecule has 0 fully saturated rings. The van der Waals surface area contributed by atoms with Gasteiger partial charge in [-0.3, -0.25) is 0 Å². The predicted molar refractivity (Wildman–Crippen MR) is 52.5 cm³/mol. The maximum atomic E-state index is 5.29. The summed E-state index contributed by atoms with van der Waals surface area (Å²) in [5, 5.41) is 0. The smallest absolute Gasteiger partial charge is 0.237 e. The van der Waals surface area contributed by atoms with Crippen LogP contribution in [0.1, 0.15) is 5.69 Å². The normalized spacial score (nSPS) is 15.1. The first kappa shape index (κ1) is 8.22. The number of ether oxygens (including phenoxy) is 1. The van der Waals surface area contributed by atoms with E-state index in [9.17, 15) is 0 Å². The third kappa shape index (κ3) is 1.39. The molecule has 0 atom stereocenters. The van der Waals surface area contributed by atoms with E-state index in [1.807, 2.05) is 0 Å². The highest BCUT2D eigenvalue weighted by atomic mass is 16.5. The van der Waals surface area contributed by atoms with E-state index in [1.54, 1.807) is 12.4 Å². The standard InChI is InChI=1S/C9H7N5O/c1-2-15-9(11-1)7-4-12-6-3-10-5-13-8(6)14-7/h3-5H,1-2H2. The second-order valence-corrected chi connectivity index (χ2v) is 3.02. The molecule has 3 rings (SSSR count). The molecule has 6 heteroatoms.